The molecule has 128 valence electrons. The number of fused-ring (bicyclic) bond motifs is 1. The van der Waals surface area contributed by atoms with Gasteiger partial charge < -0.3 is 16.4 Å². The van der Waals surface area contributed by atoms with E-state index in [0.717, 1.165) is 5.69 Å². The molecule has 25 heavy (non-hydrogen) atoms. The lowest BCUT2D eigenvalue weighted by Crippen LogP contribution is -2.34. The van der Waals surface area contributed by atoms with Crippen LogP contribution in [0.1, 0.15) is 26.5 Å². The lowest BCUT2D eigenvalue weighted by molar-refractivity contribution is -0.117. The molecular weight excluding hydrogens is 326 g/mol. The van der Waals surface area contributed by atoms with Crippen molar-refractivity contribution in [3.63, 3.8) is 0 Å². The number of hydrogen-bond acceptors (Lipinski definition) is 5. The Hall–Kier alpha value is -3.69. The number of aromatic amines is 1. The number of H-pyrrole nitrogens is 1. The van der Waals surface area contributed by atoms with Gasteiger partial charge in [-0.15, -0.1) is 0 Å². The topological polar surface area (TPSA) is 147 Å². The molecule has 3 aromatic heterocycles. The Balaban J connectivity index is 1.82. The maximum absolute atomic E-state index is 12.5. The van der Waals surface area contributed by atoms with Gasteiger partial charge in [0, 0.05) is 5.69 Å². The maximum Gasteiger partial charge on any atom is 0.271 e. The third-order valence-electron chi connectivity index (χ3n) is 3.51. The molecule has 0 bridgehead atoms. The lowest BCUT2D eigenvalue weighted by atomic mass is 10.2. The van der Waals surface area contributed by atoms with Gasteiger partial charge in [0.1, 0.15) is 5.69 Å². The first-order chi connectivity index (χ1) is 12.0. The SMILES string of the molecule is Cc1cccc2c(C(=O)Nc3cn[nH]c3C(=O)NCC(N)=O)cnn12. The van der Waals surface area contributed by atoms with Gasteiger partial charge in [0.05, 0.1) is 35.7 Å². The van der Waals surface area contributed by atoms with E-state index < -0.39 is 17.7 Å². The van der Waals surface area contributed by atoms with Crippen molar-refractivity contribution in [1.82, 2.24) is 25.1 Å². The largest absolute Gasteiger partial charge is 0.368 e. The van der Waals surface area contributed by atoms with Crippen LogP contribution in [-0.2, 0) is 4.79 Å². The van der Waals surface area contributed by atoms with E-state index in [1.54, 1.807) is 10.6 Å². The second kappa shape index (κ2) is 6.43. The van der Waals surface area contributed by atoms with E-state index in [2.05, 4.69) is 25.9 Å². The predicted octanol–water partition coefficient (Wildman–Crippen LogP) is -0.167. The van der Waals surface area contributed by atoms with E-state index in [4.69, 9.17) is 5.73 Å². The number of pyridine rings is 1. The van der Waals surface area contributed by atoms with Crippen molar-refractivity contribution >= 4 is 28.9 Å². The van der Waals surface area contributed by atoms with Gasteiger partial charge in [-0.2, -0.15) is 10.2 Å². The quantitative estimate of drug-likeness (QED) is 0.509. The number of amides is 3. The summed E-state index contributed by atoms with van der Waals surface area (Å²) in [4.78, 5) is 35.3. The summed E-state index contributed by atoms with van der Waals surface area (Å²) in [6.45, 7) is 1.55. The zero-order valence-corrected chi connectivity index (χ0v) is 13.2. The van der Waals surface area contributed by atoms with Gasteiger partial charge in [-0.25, -0.2) is 4.52 Å². The van der Waals surface area contributed by atoms with Crippen LogP contribution in [0.3, 0.4) is 0 Å². The molecule has 0 radical (unpaired) electrons. The Morgan fingerprint density at radius 3 is 2.80 bits per heavy atom. The molecule has 10 heteroatoms. The zero-order valence-electron chi connectivity index (χ0n) is 13.2. The molecule has 0 aliphatic heterocycles. The average molecular weight is 341 g/mol. The van der Waals surface area contributed by atoms with Crippen LogP contribution in [0, 0.1) is 6.92 Å². The summed E-state index contributed by atoms with van der Waals surface area (Å²) in [5.41, 5.74) is 7.05. The Morgan fingerprint density at radius 1 is 1.24 bits per heavy atom. The van der Waals surface area contributed by atoms with Crippen molar-refractivity contribution in [3.05, 3.63) is 47.5 Å². The number of nitrogens with zero attached hydrogens (tertiary/aromatic N) is 3. The number of carbonyl (C=O) groups excluding carboxylic acids is 3. The third kappa shape index (κ3) is 3.17. The van der Waals surface area contributed by atoms with Crippen molar-refractivity contribution in [3.8, 4) is 0 Å². The number of hydrogen-bond donors (Lipinski definition) is 4. The standard InChI is InChI=1S/C15H15N7O3/c1-8-3-2-4-11-9(5-19-22(8)11)14(24)20-10-6-18-21-13(10)15(25)17-7-12(16)23/h2-6H,7H2,1H3,(H2,16,23)(H,17,25)(H,18,21)(H,20,24). The number of rotatable bonds is 5. The molecule has 3 rings (SSSR count). The lowest BCUT2D eigenvalue weighted by Gasteiger charge is -2.06. The summed E-state index contributed by atoms with van der Waals surface area (Å²) in [6.07, 6.45) is 2.75. The minimum absolute atomic E-state index is 0.0160. The minimum Gasteiger partial charge on any atom is -0.368 e. The molecule has 0 saturated carbocycles. The Bertz CT molecular complexity index is 973. The highest BCUT2D eigenvalue weighted by atomic mass is 16.2. The maximum atomic E-state index is 12.5. The molecule has 5 N–H and O–H groups in total. The van der Waals surface area contributed by atoms with Gasteiger partial charge in [0.15, 0.2) is 0 Å². The van der Waals surface area contributed by atoms with Crippen LogP contribution in [0.2, 0.25) is 0 Å². The summed E-state index contributed by atoms with van der Waals surface area (Å²) < 4.78 is 1.64. The van der Waals surface area contributed by atoms with E-state index in [1.165, 1.54) is 12.4 Å². The molecule has 0 saturated heterocycles. The van der Waals surface area contributed by atoms with Crippen LogP contribution in [-0.4, -0.2) is 44.1 Å². The normalized spacial score (nSPS) is 10.6. The van der Waals surface area contributed by atoms with Crippen LogP contribution in [0.25, 0.3) is 5.52 Å². The molecule has 0 aromatic carbocycles. The summed E-state index contributed by atoms with van der Waals surface area (Å²) in [5.74, 6) is -1.73. The van der Waals surface area contributed by atoms with E-state index in [1.807, 2.05) is 19.1 Å². The first-order valence-electron chi connectivity index (χ1n) is 7.32. The van der Waals surface area contributed by atoms with E-state index in [0.29, 0.717) is 11.1 Å². The molecule has 0 aliphatic carbocycles. The first kappa shape index (κ1) is 16.2. The second-order valence-electron chi connectivity index (χ2n) is 5.28. The second-order valence-corrected chi connectivity index (χ2v) is 5.28. The number of nitrogens with two attached hydrogens (primary N) is 1. The van der Waals surface area contributed by atoms with Gasteiger partial charge in [-0.3, -0.25) is 19.5 Å². The van der Waals surface area contributed by atoms with Crippen LogP contribution in [0.4, 0.5) is 5.69 Å². The van der Waals surface area contributed by atoms with Crippen molar-refractivity contribution in [2.45, 2.75) is 6.92 Å². The fraction of sp³-hybridized carbons (Fsp3) is 0.133. The van der Waals surface area contributed by atoms with E-state index in [9.17, 15) is 14.4 Å². The highest BCUT2D eigenvalue weighted by Gasteiger charge is 2.19. The minimum atomic E-state index is -0.680. The van der Waals surface area contributed by atoms with E-state index >= 15 is 0 Å². The number of aromatic nitrogens is 4. The summed E-state index contributed by atoms with van der Waals surface area (Å²) >= 11 is 0. The van der Waals surface area contributed by atoms with Gasteiger partial charge in [-0.1, -0.05) is 6.07 Å². The molecule has 3 heterocycles. The molecule has 3 amide bonds. The van der Waals surface area contributed by atoms with Crippen LogP contribution < -0.4 is 16.4 Å². The third-order valence-corrected chi connectivity index (χ3v) is 3.51. The molecule has 0 spiro atoms. The predicted molar refractivity (Wildman–Crippen MR) is 88.0 cm³/mol. The molecule has 0 fully saturated rings. The smallest absolute Gasteiger partial charge is 0.271 e. The molecule has 0 atom stereocenters. The van der Waals surface area contributed by atoms with Crippen molar-refractivity contribution in [1.29, 1.82) is 0 Å². The van der Waals surface area contributed by atoms with Crippen LogP contribution >= 0.6 is 0 Å². The highest BCUT2D eigenvalue weighted by molar-refractivity contribution is 6.11. The summed E-state index contributed by atoms with van der Waals surface area (Å²) in [5, 5.41) is 15.3. The number of aryl methyl sites for hydroxylation is 1. The Labute approximate surface area is 141 Å². The number of nitrogens with one attached hydrogen (secondary N) is 3. The summed E-state index contributed by atoms with van der Waals surface area (Å²) in [7, 11) is 0. The molecule has 0 aliphatic rings. The molecule has 10 nitrogen and oxygen atoms in total. The van der Waals surface area contributed by atoms with Crippen molar-refractivity contribution < 1.29 is 14.4 Å². The van der Waals surface area contributed by atoms with Crippen molar-refractivity contribution in [2.75, 3.05) is 11.9 Å². The molecular formula is C15H15N7O3. The number of carbonyl (C=O) groups is 3. The first-order valence-corrected chi connectivity index (χ1v) is 7.32. The fourth-order valence-electron chi connectivity index (χ4n) is 2.32. The number of anilines is 1. The Morgan fingerprint density at radius 2 is 2.04 bits per heavy atom. The van der Waals surface area contributed by atoms with Crippen molar-refractivity contribution in [2.24, 2.45) is 5.73 Å². The number of primary amides is 1. The van der Waals surface area contributed by atoms with Crippen LogP contribution in [0.15, 0.2) is 30.6 Å². The van der Waals surface area contributed by atoms with Gasteiger partial charge in [0.2, 0.25) is 5.91 Å². The van der Waals surface area contributed by atoms with E-state index in [-0.39, 0.29) is 17.9 Å². The average Bonchev–Trinajstić information content (AvgIpc) is 3.20. The molecule has 3 aromatic rings. The van der Waals surface area contributed by atoms with Crippen LogP contribution in [0.5, 0.6) is 0 Å². The van der Waals surface area contributed by atoms with Gasteiger partial charge in [0.25, 0.3) is 11.8 Å². The highest BCUT2D eigenvalue weighted by Crippen LogP contribution is 2.17. The van der Waals surface area contributed by atoms with Gasteiger partial charge in [-0.05, 0) is 19.1 Å². The Kier molecular flexibility index (Phi) is 4.16. The summed E-state index contributed by atoms with van der Waals surface area (Å²) in [6, 6.07) is 5.47. The fourth-order valence-corrected chi connectivity index (χ4v) is 2.32. The zero-order chi connectivity index (χ0) is 18.0. The monoisotopic (exact) mass is 341 g/mol. The van der Waals surface area contributed by atoms with Gasteiger partial charge >= 0.3 is 0 Å². The molecule has 0 unspecified atom stereocenters.